The summed E-state index contributed by atoms with van der Waals surface area (Å²) >= 11 is 1.45. The molecule has 7 nitrogen and oxygen atoms in total. The van der Waals surface area contributed by atoms with E-state index in [0.717, 1.165) is 22.0 Å². The van der Waals surface area contributed by atoms with E-state index in [2.05, 4.69) is 15.3 Å². The fraction of sp³-hybridized carbons (Fsp3) is 0.217. The van der Waals surface area contributed by atoms with Crippen molar-refractivity contribution in [3.8, 4) is 0 Å². The summed E-state index contributed by atoms with van der Waals surface area (Å²) in [6.45, 7) is 2.24. The third-order valence-electron chi connectivity index (χ3n) is 5.10. The van der Waals surface area contributed by atoms with Crippen molar-refractivity contribution in [2.24, 2.45) is 4.99 Å². The molecule has 4 rings (SSSR count). The molecule has 1 aromatic heterocycles. The molecule has 3 heterocycles. The quantitative estimate of drug-likeness (QED) is 0.700. The Balaban J connectivity index is 1.58. The zero-order valence-corrected chi connectivity index (χ0v) is 18.1. The molecule has 1 amide bonds. The van der Waals surface area contributed by atoms with E-state index in [1.807, 2.05) is 59.7 Å². The van der Waals surface area contributed by atoms with Crippen LogP contribution in [0.5, 0.6) is 0 Å². The van der Waals surface area contributed by atoms with Gasteiger partial charge in [-0.3, -0.25) is 9.78 Å². The number of rotatable bonds is 6. The number of amidine groups is 1. The lowest BCUT2D eigenvalue weighted by molar-refractivity contribution is -0.136. The smallest absolute Gasteiger partial charge is 0.338 e. The Bertz CT molecular complexity index is 1080. The second-order valence-electron chi connectivity index (χ2n) is 7.10. The number of nitrogens with one attached hydrogen (secondary N) is 1. The molecule has 0 spiro atoms. The molecular weight excluding hydrogens is 412 g/mol. The Morgan fingerprint density at radius 3 is 2.61 bits per heavy atom. The van der Waals surface area contributed by atoms with Crippen molar-refractivity contribution in [2.75, 3.05) is 7.11 Å². The third-order valence-corrected chi connectivity index (χ3v) is 5.99. The van der Waals surface area contributed by atoms with Crippen LogP contribution in [0.2, 0.25) is 0 Å². The molecule has 0 aliphatic carbocycles. The number of thioether (sulfide) groups is 1. The number of hydrogen-bond acceptors (Lipinski definition) is 7. The van der Waals surface area contributed by atoms with Gasteiger partial charge in [-0.2, -0.15) is 0 Å². The molecule has 1 aromatic carbocycles. The maximum Gasteiger partial charge on any atom is 0.338 e. The van der Waals surface area contributed by atoms with Gasteiger partial charge in [-0.25, -0.2) is 9.79 Å². The molecule has 2 aromatic rings. The predicted molar refractivity (Wildman–Crippen MR) is 120 cm³/mol. The molecule has 0 radical (unpaired) electrons. The SMILES string of the molecule is COC(=O)C1=C(C)N=C2SC=C(CC(=O)NCc3ccncc3)N2[C@@H]1c1ccccc1. The average molecular weight is 435 g/mol. The first-order valence-electron chi connectivity index (χ1n) is 9.81. The molecule has 158 valence electrons. The number of nitrogens with zero attached hydrogens (tertiary/aromatic N) is 3. The van der Waals surface area contributed by atoms with Crippen LogP contribution in [0.3, 0.4) is 0 Å². The summed E-state index contributed by atoms with van der Waals surface area (Å²) < 4.78 is 5.06. The van der Waals surface area contributed by atoms with Crippen molar-refractivity contribution in [3.05, 3.63) is 88.4 Å². The van der Waals surface area contributed by atoms with Gasteiger partial charge in [0.25, 0.3) is 0 Å². The maximum absolute atomic E-state index is 12.7. The fourth-order valence-corrected chi connectivity index (χ4v) is 4.58. The largest absolute Gasteiger partial charge is 0.466 e. The van der Waals surface area contributed by atoms with Crippen LogP contribution >= 0.6 is 11.8 Å². The minimum Gasteiger partial charge on any atom is -0.466 e. The number of carbonyl (C=O) groups excluding carboxylic acids is 2. The number of aliphatic imine (C=N–C) groups is 1. The van der Waals surface area contributed by atoms with E-state index in [9.17, 15) is 9.59 Å². The number of pyridine rings is 1. The molecule has 2 aliphatic heterocycles. The van der Waals surface area contributed by atoms with Crippen molar-refractivity contribution in [2.45, 2.75) is 25.9 Å². The number of aromatic nitrogens is 1. The summed E-state index contributed by atoms with van der Waals surface area (Å²) in [5.41, 5.74) is 3.80. The first-order valence-corrected chi connectivity index (χ1v) is 10.7. The van der Waals surface area contributed by atoms with E-state index < -0.39 is 12.0 Å². The highest BCUT2D eigenvalue weighted by Gasteiger charge is 2.40. The number of methoxy groups -OCH3 is 1. The molecule has 0 fully saturated rings. The van der Waals surface area contributed by atoms with Crippen LogP contribution < -0.4 is 5.32 Å². The van der Waals surface area contributed by atoms with Crippen molar-refractivity contribution >= 4 is 28.8 Å². The summed E-state index contributed by atoms with van der Waals surface area (Å²) in [6, 6.07) is 13.0. The lowest BCUT2D eigenvalue weighted by Gasteiger charge is -2.36. The van der Waals surface area contributed by atoms with E-state index >= 15 is 0 Å². The molecule has 0 saturated heterocycles. The lowest BCUT2D eigenvalue weighted by atomic mass is 9.94. The van der Waals surface area contributed by atoms with Gasteiger partial charge in [-0.05, 0) is 35.6 Å². The molecule has 0 unspecified atom stereocenters. The molecule has 2 aliphatic rings. The van der Waals surface area contributed by atoms with Gasteiger partial charge < -0.3 is 15.0 Å². The number of fused-ring (bicyclic) bond motifs is 1. The minimum absolute atomic E-state index is 0.109. The van der Waals surface area contributed by atoms with Crippen molar-refractivity contribution in [3.63, 3.8) is 0 Å². The van der Waals surface area contributed by atoms with Gasteiger partial charge in [-0.1, -0.05) is 42.1 Å². The second-order valence-corrected chi connectivity index (χ2v) is 7.94. The van der Waals surface area contributed by atoms with Crippen LogP contribution in [0, 0.1) is 0 Å². The number of allylic oxidation sites excluding steroid dienone is 1. The highest BCUT2D eigenvalue weighted by molar-refractivity contribution is 8.16. The number of hydrogen-bond donors (Lipinski definition) is 1. The van der Waals surface area contributed by atoms with Crippen molar-refractivity contribution in [1.29, 1.82) is 0 Å². The summed E-state index contributed by atoms with van der Waals surface area (Å²) in [4.78, 5) is 35.9. The Morgan fingerprint density at radius 1 is 1.16 bits per heavy atom. The number of esters is 1. The zero-order chi connectivity index (χ0) is 21.8. The molecule has 8 heteroatoms. The van der Waals surface area contributed by atoms with Crippen LogP contribution in [-0.2, 0) is 20.9 Å². The molecule has 31 heavy (non-hydrogen) atoms. The first-order chi connectivity index (χ1) is 15.1. The number of amides is 1. The average Bonchev–Trinajstić information content (AvgIpc) is 3.19. The van der Waals surface area contributed by atoms with E-state index in [1.54, 1.807) is 12.4 Å². The molecule has 1 atom stereocenters. The summed E-state index contributed by atoms with van der Waals surface area (Å²) in [5.74, 6) is -0.532. The number of benzene rings is 1. The highest BCUT2D eigenvalue weighted by Crippen LogP contribution is 2.44. The molecular formula is C23H22N4O3S. The highest BCUT2D eigenvalue weighted by atomic mass is 32.2. The Labute approximate surface area is 184 Å². The maximum atomic E-state index is 12.7. The van der Waals surface area contributed by atoms with Gasteiger partial charge in [0.15, 0.2) is 5.17 Å². The minimum atomic E-state index is -0.424. The molecule has 0 bridgehead atoms. The standard InChI is InChI=1S/C23H22N4O3S/c1-15-20(22(29)30-2)21(17-6-4-3-5-7-17)27-18(14-31-23(27)26-15)12-19(28)25-13-16-8-10-24-11-9-16/h3-11,14,21H,12-13H2,1-2H3,(H,25,28)/t21-/m1/s1. The topological polar surface area (TPSA) is 83.9 Å². The zero-order valence-electron chi connectivity index (χ0n) is 17.2. The van der Waals surface area contributed by atoms with Crippen LogP contribution in [0.25, 0.3) is 0 Å². The van der Waals surface area contributed by atoms with Gasteiger partial charge >= 0.3 is 5.97 Å². The third kappa shape index (κ3) is 4.39. The van der Waals surface area contributed by atoms with Crippen LogP contribution in [0.15, 0.2) is 82.2 Å². The van der Waals surface area contributed by atoms with Crippen LogP contribution in [0.4, 0.5) is 0 Å². The summed E-state index contributed by atoms with van der Waals surface area (Å²) in [5, 5.41) is 5.61. The normalized spacial score (nSPS) is 17.6. The van der Waals surface area contributed by atoms with Gasteiger partial charge in [-0.15, -0.1) is 0 Å². The molecule has 0 saturated carbocycles. The van der Waals surface area contributed by atoms with Crippen LogP contribution in [-0.4, -0.2) is 34.0 Å². The van der Waals surface area contributed by atoms with Crippen LogP contribution in [0.1, 0.15) is 30.5 Å². The van der Waals surface area contributed by atoms with E-state index in [0.29, 0.717) is 17.8 Å². The Morgan fingerprint density at radius 2 is 1.90 bits per heavy atom. The van der Waals surface area contributed by atoms with Crippen molar-refractivity contribution in [1.82, 2.24) is 15.2 Å². The second kappa shape index (κ2) is 9.18. The van der Waals surface area contributed by atoms with Gasteiger partial charge in [0.05, 0.1) is 30.8 Å². The Kier molecular flexibility index (Phi) is 6.18. The van der Waals surface area contributed by atoms with E-state index in [-0.39, 0.29) is 12.3 Å². The summed E-state index contributed by atoms with van der Waals surface area (Å²) in [7, 11) is 1.37. The first kappa shape index (κ1) is 20.9. The van der Waals surface area contributed by atoms with Gasteiger partial charge in [0, 0.05) is 24.6 Å². The predicted octanol–water partition coefficient (Wildman–Crippen LogP) is 3.54. The molecule has 1 N–H and O–H groups in total. The fourth-order valence-electron chi connectivity index (χ4n) is 3.62. The monoisotopic (exact) mass is 434 g/mol. The van der Waals surface area contributed by atoms with E-state index in [4.69, 9.17) is 4.74 Å². The number of carbonyl (C=O) groups is 2. The summed E-state index contributed by atoms with van der Waals surface area (Å²) in [6.07, 6.45) is 3.57. The lowest BCUT2D eigenvalue weighted by Crippen LogP contribution is -2.37. The van der Waals surface area contributed by atoms with Crippen molar-refractivity contribution < 1.29 is 14.3 Å². The number of ether oxygens (including phenoxy) is 1. The van der Waals surface area contributed by atoms with Gasteiger partial charge in [0.1, 0.15) is 0 Å². The Hall–Kier alpha value is -3.39. The van der Waals surface area contributed by atoms with E-state index in [1.165, 1.54) is 18.9 Å². The van der Waals surface area contributed by atoms with Gasteiger partial charge in [0.2, 0.25) is 5.91 Å².